The highest BCUT2D eigenvalue weighted by Gasteiger charge is 2.23. The smallest absolute Gasteiger partial charge is 0.339 e. The number of benzene rings is 1. The Hall–Kier alpha value is -1.81. The SMILES string of the molecule is CCOC(=O)C(O)c1cn(C(C)C)c2cc(C)ccc12. The van der Waals surface area contributed by atoms with Crippen LogP contribution in [0.2, 0.25) is 0 Å². The van der Waals surface area contributed by atoms with Crippen LogP contribution in [-0.4, -0.2) is 22.2 Å². The van der Waals surface area contributed by atoms with Crippen LogP contribution in [0.3, 0.4) is 0 Å². The number of aliphatic hydroxyl groups is 1. The average molecular weight is 275 g/mol. The predicted molar refractivity (Wildman–Crippen MR) is 78.7 cm³/mol. The Labute approximate surface area is 119 Å². The molecule has 1 atom stereocenters. The monoisotopic (exact) mass is 275 g/mol. The van der Waals surface area contributed by atoms with Crippen molar-refractivity contribution < 1.29 is 14.6 Å². The molecule has 0 radical (unpaired) electrons. The molecule has 1 unspecified atom stereocenters. The van der Waals surface area contributed by atoms with Crippen molar-refractivity contribution in [1.82, 2.24) is 4.57 Å². The van der Waals surface area contributed by atoms with Crippen molar-refractivity contribution in [3.8, 4) is 0 Å². The van der Waals surface area contributed by atoms with E-state index in [1.54, 1.807) is 6.92 Å². The highest BCUT2D eigenvalue weighted by molar-refractivity contribution is 5.90. The minimum atomic E-state index is -1.24. The first-order valence-corrected chi connectivity index (χ1v) is 6.91. The summed E-state index contributed by atoms with van der Waals surface area (Å²) < 4.78 is 6.97. The van der Waals surface area contributed by atoms with E-state index in [2.05, 4.69) is 24.5 Å². The zero-order chi connectivity index (χ0) is 14.9. The summed E-state index contributed by atoms with van der Waals surface area (Å²) >= 11 is 0. The van der Waals surface area contributed by atoms with E-state index in [9.17, 15) is 9.90 Å². The Morgan fingerprint density at radius 3 is 2.70 bits per heavy atom. The summed E-state index contributed by atoms with van der Waals surface area (Å²) in [6.45, 7) is 8.16. The molecule has 20 heavy (non-hydrogen) atoms. The van der Waals surface area contributed by atoms with Gasteiger partial charge < -0.3 is 14.4 Å². The Bertz CT molecular complexity index is 628. The van der Waals surface area contributed by atoms with Gasteiger partial charge in [-0.15, -0.1) is 0 Å². The van der Waals surface area contributed by atoms with Crippen molar-refractivity contribution >= 4 is 16.9 Å². The summed E-state index contributed by atoms with van der Waals surface area (Å²) in [7, 11) is 0. The molecule has 0 saturated heterocycles. The molecule has 1 aromatic heterocycles. The minimum absolute atomic E-state index is 0.252. The molecule has 1 aromatic carbocycles. The van der Waals surface area contributed by atoms with Gasteiger partial charge in [0.2, 0.25) is 0 Å². The highest BCUT2D eigenvalue weighted by Crippen LogP contribution is 2.30. The van der Waals surface area contributed by atoms with Gasteiger partial charge in [0.15, 0.2) is 6.10 Å². The summed E-state index contributed by atoms with van der Waals surface area (Å²) in [5.41, 5.74) is 2.78. The molecule has 0 amide bonds. The molecule has 0 spiro atoms. The molecule has 1 heterocycles. The van der Waals surface area contributed by atoms with Crippen molar-refractivity contribution in [2.75, 3.05) is 6.61 Å². The summed E-state index contributed by atoms with van der Waals surface area (Å²) in [6, 6.07) is 6.24. The zero-order valence-corrected chi connectivity index (χ0v) is 12.4. The third kappa shape index (κ3) is 2.56. The lowest BCUT2D eigenvalue weighted by Gasteiger charge is -2.09. The normalized spacial score (nSPS) is 12.9. The first-order chi connectivity index (χ1) is 9.45. The second-order valence-electron chi connectivity index (χ2n) is 5.26. The molecule has 2 rings (SSSR count). The van der Waals surface area contributed by atoms with Crippen LogP contribution in [0.1, 0.15) is 44.0 Å². The van der Waals surface area contributed by atoms with E-state index in [4.69, 9.17) is 4.74 Å². The molecule has 0 aliphatic carbocycles. The Kier molecular flexibility index (Phi) is 4.14. The maximum Gasteiger partial charge on any atom is 0.339 e. The lowest BCUT2D eigenvalue weighted by Crippen LogP contribution is -2.15. The first kappa shape index (κ1) is 14.6. The molecule has 0 aliphatic heterocycles. The van der Waals surface area contributed by atoms with E-state index in [1.807, 2.05) is 25.3 Å². The standard InChI is InChI=1S/C16H21NO3/c1-5-20-16(19)15(18)13-9-17(10(2)3)14-8-11(4)6-7-12(13)14/h6-10,15,18H,5H2,1-4H3. The van der Waals surface area contributed by atoms with Gasteiger partial charge in [0, 0.05) is 28.7 Å². The highest BCUT2D eigenvalue weighted by atomic mass is 16.5. The van der Waals surface area contributed by atoms with Gasteiger partial charge in [-0.25, -0.2) is 4.79 Å². The van der Waals surface area contributed by atoms with Gasteiger partial charge in [0.1, 0.15) is 0 Å². The second-order valence-corrected chi connectivity index (χ2v) is 5.26. The number of aromatic nitrogens is 1. The topological polar surface area (TPSA) is 51.5 Å². The second kappa shape index (κ2) is 5.67. The van der Waals surface area contributed by atoms with Gasteiger partial charge in [0.05, 0.1) is 6.61 Å². The van der Waals surface area contributed by atoms with E-state index < -0.39 is 12.1 Å². The van der Waals surface area contributed by atoms with Gasteiger partial charge >= 0.3 is 5.97 Å². The van der Waals surface area contributed by atoms with E-state index in [0.29, 0.717) is 5.56 Å². The van der Waals surface area contributed by atoms with Crippen LogP contribution in [0, 0.1) is 6.92 Å². The number of hydrogen-bond acceptors (Lipinski definition) is 3. The third-order valence-corrected chi connectivity index (χ3v) is 3.38. The molecule has 4 nitrogen and oxygen atoms in total. The molecular weight excluding hydrogens is 254 g/mol. The number of hydrogen-bond donors (Lipinski definition) is 1. The number of fused-ring (bicyclic) bond motifs is 1. The molecule has 1 N–H and O–H groups in total. The minimum Gasteiger partial charge on any atom is -0.464 e. The van der Waals surface area contributed by atoms with Crippen molar-refractivity contribution in [3.63, 3.8) is 0 Å². The fraction of sp³-hybridized carbons (Fsp3) is 0.438. The number of nitrogens with zero attached hydrogens (tertiary/aromatic N) is 1. The molecular formula is C16H21NO3. The number of rotatable bonds is 4. The summed E-state index contributed by atoms with van der Waals surface area (Å²) in [4.78, 5) is 11.8. The maximum absolute atomic E-state index is 11.8. The number of esters is 1. The number of carbonyl (C=O) groups is 1. The summed E-state index contributed by atoms with van der Waals surface area (Å²) in [5.74, 6) is -0.601. The van der Waals surface area contributed by atoms with Crippen LogP contribution in [0.15, 0.2) is 24.4 Å². The predicted octanol–water partition coefficient (Wildman–Crippen LogP) is 3.13. The van der Waals surface area contributed by atoms with Crippen molar-refractivity contribution in [3.05, 3.63) is 35.5 Å². The quantitative estimate of drug-likeness (QED) is 0.872. The Morgan fingerprint density at radius 2 is 2.10 bits per heavy atom. The molecule has 108 valence electrons. The molecule has 2 aromatic rings. The molecule has 0 saturated carbocycles. The summed E-state index contributed by atoms with van der Waals surface area (Å²) in [5, 5.41) is 11.1. The van der Waals surface area contributed by atoms with E-state index in [1.165, 1.54) is 0 Å². The summed E-state index contributed by atoms with van der Waals surface area (Å²) in [6.07, 6.45) is 0.608. The number of aryl methyl sites for hydroxylation is 1. The number of carbonyl (C=O) groups excluding carboxylic acids is 1. The fourth-order valence-corrected chi connectivity index (χ4v) is 2.38. The fourth-order valence-electron chi connectivity index (χ4n) is 2.38. The van der Waals surface area contributed by atoms with Crippen molar-refractivity contribution in [2.24, 2.45) is 0 Å². The Morgan fingerprint density at radius 1 is 1.40 bits per heavy atom. The van der Waals surface area contributed by atoms with Gasteiger partial charge in [-0.1, -0.05) is 12.1 Å². The lowest BCUT2D eigenvalue weighted by molar-refractivity contribution is -0.153. The van der Waals surface area contributed by atoms with Crippen molar-refractivity contribution in [2.45, 2.75) is 39.8 Å². The number of ether oxygens (including phenoxy) is 1. The van der Waals surface area contributed by atoms with Gasteiger partial charge in [-0.3, -0.25) is 0 Å². The van der Waals surface area contributed by atoms with E-state index in [-0.39, 0.29) is 12.6 Å². The van der Waals surface area contributed by atoms with Crippen LogP contribution < -0.4 is 0 Å². The Balaban J connectivity index is 2.56. The van der Waals surface area contributed by atoms with Crippen molar-refractivity contribution in [1.29, 1.82) is 0 Å². The van der Waals surface area contributed by atoms with Gasteiger partial charge in [-0.05, 0) is 39.3 Å². The third-order valence-electron chi connectivity index (χ3n) is 3.38. The van der Waals surface area contributed by atoms with E-state index >= 15 is 0 Å². The average Bonchev–Trinajstić information content (AvgIpc) is 2.76. The molecule has 0 aliphatic rings. The molecule has 0 bridgehead atoms. The van der Waals surface area contributed by atoms with Crippen LogP contribution in [0.5, 0.6) is 0 Å². The first-order valence-electron chi connectivity index (χ1n) is 6.91. The number of aliphatic hydroxyl groups excluding tert-OH is 1. The lowest BCUT2D eigenvalue weighted by atomic mass is 10.1. The largest absolute Gasteiger partial charge is 0.464 e. The molecule has 0 fully saturated rings. The maximum atomic E-state index is 11.8. The van der Waals surface area contributed by atoms with Crippen LogP contribution >= 0.6 is 0 Å². The van der Waals surface area contributed by atoms with Crippen LogP contribution in [0.25, 0.3) is 10.9 Å². The van der Waals surface area contributed by atoms with Crippen LogP contribution in [0.4, 0.5) is 0 Å². The van der Waals surface area contributed by atoms with E-state index in [0.717, 1.165) is 16.5 Å². The zero-order valence-electron chi connectivity index (χ0n) is 12.4. The van der Waals surface area contributed by atoms with Gasteiger partial charge in [-0.2, -0.15) is 0 Å². The van der Waals surface area contributed by atoms with Crippen LogP contribution in [-0.2, 0) is 9.53 Å². The van der Waals surface area contributed by atoms with Gasteiger partial charge in [0.25, 0.3) is 0 Å². The molecule has 4 heteroatoms.